The summed E-state index contributed by atoms with van der Waals surface area (Å²) in [6.45, 7) is 1.96. The van der Waals surface area contributed by atoms with Crippen molar-refractivity contribution in [1.82, 2.24) is 9.97 Å². The van der Waals surface area contributed by atoms with Crippen molar-refractivity contribution < 1.29 is 4.74 Å². The lowest BCUT2D eigenvalue weighted by Crippen LogP contribution is -1.92. The molecule has 2 heterocycles. The summed E-state index contributed by atoms with van der Waals surface area (Å²) in [5.74, 6) is 1.26. The van der Waals surface area contributed by atoms with Crippen LogP contribution in [-0.4, -0.2) is 9.97 Å². The molecule has 0 bridgehead atoms. The van der Waals surface area contributed by atoms with Gasteiger partial charge < -0.3 is 4.74 Å². The average molecular weight is 297 g/mol. The number of halogens is 1. The molecule has 2 aromatic heterocycles. The quantitative estimate of drug-likeness (QED) is 0.689. The lowest BCUT2D eigenvalue weighted by molar-refractivity contribution is 0.465. The number of pyridine rings is 2. The zero-order chi connectivity index (χ0) is 14.7. The summed E-state index contributed by atoms with van der Waals surface area (Å²) in [5, 5.41) is 0.674. The number of hydrogen-bond acceptors (Lipinski definition) is 3. The molecule has 21 heavy (non-hydrogen) atoms. The molecule has 0 unspecified atom stereocenters. The smallest absolute Gasteiger partial charge is 0.227 e. The Bertz CT molecular complexity index is 757. The number of nitrogens with zero attached hydrogens (tertiary/aromatic N) is 2. The first-order chi connectivity index (χ1) is 10.2. The van der Waals surface area contributed by atoms with Crippen molar-refractivity contribution in [3.8, 4) is 22.8 Å². The molecule has 0 aliphatic carbocycles. The van der Waals surface area contributed by atoms with Gasteiger partial charge in [0.15, 0.2) is 0 Å². The normalized spacial score (nSPS) is 10.4. The van der Waals surface area contributed by atoms with E-state index in [1.54, 1.807) is 24.5 Å². The van der Waals surface area contributed by atoms with Crippen LogP contribution < -0.4 is 4.74 Å². The minimum atomic E-state index is 0.561. The minimum absolute atomic E-state index is 0.561. The van der Waals surface area contributed by atoms with Gasteiger partial charge in [0.1, 0.15) is 5.75 Å². The molecule has 3 aromatic rings. The topological polar surface area (TPSA) is 35.0 Å². The van der Waals surface area contributed by atoms with Crippen LogP contribution in [0.3, 0.4) is 0 Å². The number of rotatable bonds is 3. The molecule has 104 valence electrons. The molecule has 0 saturated heterocycles. The van der Waals surface area contributed by atoms with Crippen molar-refractivity contribution in [2.24, 2.45) is 0 Å². The van der Waals surface area contributed by atoms with Crippen LogP contribution in [0.1, 0.15) is 5.69 Å². The largest absolute Gasteiger partial charge is 0.438 e. The van der Waals surface area contributed by atoms with Gasteiger partial charge >= 0.3 is 0 Å². The Balaban J connectivity index is 1.98. The van der Waals surface area contributed by atoms with Gasteiger partial charge in [0.2, 0.25) is 5.88 Å². The molecule has 4 heteroatoms. The van der Waals surface area contributed by atoms with E-state index in [2.05, 4.69) is 9.97 Å². The first kappa shape index (κ1) is 13.6. The Hall–Kier alpha value is -2.39. The van der Waals surface area contributed by atoms with Crippen molar-refractivity contribution in [1.29, 1.82) is 0 Å². The zero-order valence-electron chi connectivity index (χ0n) is 11.5. The maximum atomic E-state index is 5.88. The Labute approximate surface area is 128 Å². The maximum absolute atomic E-state index is 5.88. The summed E-state index contributed by atoms with van der Waals surface area (Å²) < 4.78 is 5.87. The molecular weight excluding hydrogens is 284 g/mol. The van der Waals surface area contributed by atoms with Crippen molar-refractivity contribution in [3.63, 3.8) is 0 Å². The van der Waals surface area contributed by atoms with Gasteiger partial charge in [0.25, 0.3) is 0 Å². The lowest BCUT2D eigenvalue weighted by Gasteiger charge is -2.10. The molecule has 1 aromatic carbocycles. The number of benzene rings is 1. The monoisotopic (exact) mass is 296 g/mol. The third-order valence-corrected chi connectivity index (χ3v) is 3.26. The predicted molar refractivity (Wildman–Crippen MR) is 83.7 cm³/mol. The van der Waals surface area contributed by atoms with Gasteiger partial charge in [0.05, 0.1) is 0 Å². The highest BCUT2D eigenvalue weighted by Gasteiger charge is 2.09. The zero-order valence-corrected chi connectivity index (χ0v) is 12.2. The molecule has 0 N–H and O–H groups in total. The number of hydrogen-bond donors (Lipinski definition) is 0. The van der Waals surface area contributed by atoms with Crippen LogP contribution >= 0.6 is 11.6 Å². The fraction of sp³-hybridized carbons (Fsp3) is 0.0588. The molecule has 0 aliphatic heterocycles. The number of aryl methyl sites for hydroxylation is 1. The summed E-state index contributed by atoms with van der Waals surface area (Å²) >= 11 is 5.88. The van der Waals surface area contributed by atoms with Gasteiger partial charge in [-0.15, -0.1) is 0 Å². The second-order valence-electron chi connectivity index (χ2n) is 4.60. The van der Waals surface area contributed by atoms with Gasteiger partial charge in [-0.1, -0.05) is 11.6 Å². The van der Waals surface area contributed by atoms with E-state index < -0.39 is 0 Å². The van der Waals surface area contributed by atoms with E-state index in [0.717, 1.165) is 16.8 Å². The third-order valence-electron chi connectivity index (χ3n) is 3.01. The number of aromatic nitrogens is 2. The second-order valence-corrected chi connectivity index (χ2v) is 5.03. The molecular formula is C17H13ClN2O. The highest BCUT2D eigenvalue weighted by molar-refractivity contribution is 6.30. The predicted octanol–water partition coefficient (Wildman–Crippen LogP) is 4.90. The second kappa shape index (κ2) is 5.94. The maximum Gasteiger partial charge on any atom is 0.227 e. The molecule has 0 spiro atoms. The van der Waals surface area contributed by atoms with E-state index in [4.69, 9.17) is 16.3 Å². The van der Waals surface area contributed by atoms with E-state index in [1.165, 1.54) is 0 Å². The summed E-state index contributed by atoms with van der Waals surface area (Å²) in [6.07, 6.45) is 3.49. The molecule has 0 saturated carbocycles. The molecule has 0 aliphatic rings. The highest BCUT2D eigenvalue weighted by atomic mass is 35.5. The summed E-state index contributed by atoms with van der Waals surface area (Å²) in [7, 11) is 0. The molecule has 3 nitrogen and oxygen atoms in total. The van der Waals surface area contributed by atoms with E-state index >= 15 is 0 Å². The highest BCUT2D eigenvalue weighted by Crippen LogP contribution is 2.31. The van der Waals surface area contributed by atoms with Crippen molar-refractivity contribution in [3.05, 3.63) is 71.6 Å². The standard InChI is InChI=1S/C17H13ClN2O/c1-12-11-13(8-10-19-12)16-3-2-9-20-17(16)21-15-6-4-14(18)5-7-15/h2-11H,1H3. The summed E-state index contributed by atoms with van der Waals surface area (Å²) in [6, 6.07) is 15.0. The Morgan fingerprint density at radius 2 is 1.76 bits per heavy atom. The molecule has 0 amide bonds. The van der Waals surface area contributed by atoms with E-state index in [9.17, 15) is 0 Å². The van der Waals surface area contributed by atoms with Crippen LogP contribution in [0, 0.1) is 6.92 Å². The van der Waals surface area contributed by atoms with Gasteiger partial charge in [-0.05, 0) is 61.0 Å². The molecule has 0 fully saturated rings. The van der Waals surface area contributed by atoms with Crippen molar-refractivity contribution in [2.45, 2.75) is 6.92 Å². The first-order valence-corrected chi connectivity index (χ1v) is 6.91. The lowest BCUT2D eigenvalue weighted by atomic mass is 10.1. The van der Waals surface area contributed by atoms with Crippen LogP contribution in [-0.2, 0) is 0 Å². The van der Waals surface area contributed by atoms with E-state index in [0.29, 0.717) is 16.7 Å². The minimum Gasteiger partial charge on any atom is -0.438 e. The third kappa shape index (κ3) is 3.20. The SMILES string of the molecule is Cc1cc(-c2cccnc2Oc2ccc(Cl)cc2)ccn1. The Kier molecular flexibility index (Phi) is 3.84. The van der Waals surface area contributed by atoms with Gasteiger partial charge in [0, 0.05) is 28.7 Å². The van der Waals surface area contributed by atoms with Gasteiger partial charge in [-0.25, -0.2) is 4.98 Å². The van der Waals surface area contributed by atoms with Crippen LogP contribution in [0.5, 0.6) is 11.6 Å². The molecule has 3 rings (SSSR count). The Morgan fingerprint density at radius 1 is 0.952 bits per heavy atom. The Morgan fingerprint density at radius 3 is 2.52 bits per heavy atom. The number of ether oxygens (including phenoxy) is 1. The van der Waals surface area contributed by atoms with E-state index in [1.807, 2.05) is 43.3 Å². The van der Waals surface area contributed by atoms with Crippen LogP contribution in [0.25, 0.3) is 11.1 Å². The van der Waals surface area contributed by atoms with Crippen molar-refractivity contribution in [2.75, 3.05) is 0 Å². The summed E-state index contributed by atoms with van der Waals surface area (Å²) in [5.41, 5.74) is 2.91. The van der Waals surface area contributed by atoms with Crippen molar-refractivity contribution >= 4 is 11.6 Å². The van der Waals surface area contributed by atoms with Gasteiger partial charge in [-0.2, -0.15) is 0 Å². The van der Waals surface area contributed by atoms with Crippen LogP contribution in [0.4, 0.5) is 0 Å². The fourth-order valence-corrected chi connectivity index (χ4v) is 2.15. The van der Waals surface area contributed by atoms with E-state index in [-0.39, 0.29) is 0 Å². The first-order valence-electron chi connectivity index (χ1n) is 6.54. The van der Waals surface area contributed by atoms with Gasteiger partial charge in [-0.3, -0.25) is 4.98 Å². The molecule has 0 atom stereocenters. The summed E-state index contributed by atoms with van der Waals surface area (Å²) in [4.78, 5) is 8.54. The average Bonchev–Trinajstić information content (AvgIpc) is 2.50. The fourth-order valence-electron chi connectivity index (χ4n) is 2.02. The van der Waals surface area contributed by atoms with Crippen LogP contribution in [0.15, 0.2) is 60.9 Å². The molecule has 0 radical (unpaired) electrons. The van der Waals surface area contributed by atoms with Crippen LogP contribution in [0.2, 0.25) is 5.02 Å².